The van der Waals surface area contributed by atoms with Crippen LogP contribution in [0.4, 0.5) is 5.82 Å². The van der Waals surface area contributed by atoms with Crippen molar-refractivity contribution >= 4 is 33.3 Å². The molecule has 12 nitrogen and oxygen atoms in total. The number of nitrogens with two attached hydrogens (primary N) is 1. The van der Waals surface area contributed by atoms with E-state index >= 15 is 0 Å². The average molecular weight is 540 g/mol. The summed E-state index contributed by atoms with van der Waals surface area (Å²) in [6.45, 7) is 2.32. The van der Waals surface area contributed by atoms with Crippen LogP contribution in [0.15, 0.2) is 29.3 Å². The Labute approximate surface area is 219 Å². The van der Waals surface area contributed by atoms with Crippen molar-refractivity contribution in [2.45, 2.75) is 62.2 Å². The fraction of sp³-hybridized carbons (Fsp3) is 0.440. The number of rotatable bonds is 7. The Morgan fingerprint density at radius 1 is 1.26 bits per heavy atom. The number of hydrogen-bond acceptors (Lipinski definition) is 8. The SMILES string of the molecule is CNS(=O)(=O)c1cc(-c2ccn3nc(N)c(C(=O)N[C@H]4C[C@H](O)C4)c3n2)cc2c1C(=O)N([C@@H](C)C1CC1)C2. The van der Waals surface area contributed by atoms with E-state index < -0.39 is 22.0 Å². The topological polar surface area (TPSA) is 172 Å². The molecule has 6 rings (SSSR count). The number of nitrogen functional groups attached to an aromatic ring is 1. The standard InChI is InChI=1S/C25H29N7O5S/c1-12(13-3-4-13)31-11-15-7-14(8-19(20(15)25(31)35)38(36,37)27-2)18-5-6-32-23(29-18)21(22(26)30-32)24(34)28-16-9-17(33)10-16/h5-8,12-13,16-17,27,33H,3-4,9-11H2,1-2H3,(H2,26,30)(H,28,34)/t12-,16-,17-/m0/s1. The van der Waals surface area contributed by atoms with Crippen molar-refractivity contribution in [1.82, 2.24) is 29.5 Å². The lowest BCUT2D eigenvalue weighted by atomic mass is 9.89. The molecule has 3 aliphatic rings. The van der Waals surface area contributed by atoms with E-state index in [1.807, 2.05) is 6.92 Å². The van der Waals surface area contributed by atoms with Crippen molar-refractivity contribution in [3.8, 4) is 11.3 Å². The van der Waals surface area contributed by atoms with Crippen LogP contribution in [0, 0.1) is 5.92 Å². The molecule has 2 aliphatic carbocycles. The predicted molar refractivity (Wildman–Crippen MR) is 138 cm³/mol. The summed E-state index contributed by atoms with van der Waals surface area (Å²) in [7, 11) is -2.65. The van der Waals surface area contributed by atoms with Crippen molar-refractivity contribution < 1.29 is 23.1 Å². The van der Waals surface area contributed by atoms with E-state index in [1.54, 1.807) is 23.2 Å². The fourth-order valence-corrected chi connectivity index (χ4v) is 6.35. The summed E-state index contributed by atoms with van der Waals surface area (Å²) < 4.78 is 29.8. The Morgan fingerprint density at radius 3 is 2.66 bits per heavy atom. The second kappa shape index (κ2) is 8.75. The Balaban J connectivity index is 1.43. The predicted octanol–water partition coefficient (Wildman–Crippen LogP) is 0.894. The first kappa shape index (κ1) is 24.8. The molecule has 1 aromatic carbocycles. The molecule has 2 fully saturated rings. The minimum atomic E-state index is -3.96. The summed E-state index contributed by atoms with van der Waals surface area (Å²) >= 11 is 0. The third kappa shape index (κ3) is 4.01. The number of nitrogens with zero attached hydrogens (tertiary/aromatic N) is 4. The van der Waals surface area contributed by atoms with Crippen LogP contribution in [0.1, 0.15) is 58.9 Å². The lowest BCUT2D eigenvalue weighted by Crippen LogP contribution is -2.46. The van der Waals surface area contributed by atoms with E-state index in [0.717, 1.165) is 12.8 Å². The Hall–Kier alpha value is -3.55. The van der Waals surface area contributed by atoms with E-state index in [0.29, 0.717) is 42.1 Å². The summed E-state index contributed by atoms with van der Waals surface area (Å²) in [6.07, 6.45) is 4.23. The maximum atomic E-state index is 13.4. The first-order chi connectivity index (χ1) is 18.1. The van der Waals surface area contributed by atoms with Gasteiger partial charge in [-0.1, -0.05) is 0 Å². The van der Waals surface area contributed by atoms with E-state index in [9.17, 15) is 23.1 Å². The molecule has 3 aromatic rings. The third-order valence-corrected chi connectivity index (χ3v) is 9.28. The second-order valence-corrected chi connectivity index (χ2v) is 12.2. The molecule has 3 heterocycles. The van der Waals surface area contributed by atoms with Crippen molar-refractivity contribution in [2.24, 2.45) is 5.92 Å². The van der Waals surface area contributed by atoms with Gasteiger partial charge in [0.25, 0.3) is 11.8 Å². The normalized spacial score (nSPS) is 21.9. The molecule has 0 saturated heterocycles. The quantitative estimate of drug-likeness (QED) is 0.343. The number of sulfonamides is 1. The van der Waals surface area contributed by atoms with Gasteiger partial charge in [0.05, 0.1) is 22.3 Å². The molecule has 200 valence electrons. The molecule has 1 aliphatic heterocycles. The van der Waals surface area contributed by atoms with Gasteiger partial charge in [-0.2, -0.15) is 0 Å². The van der Waals surface area contributed by atoms with Crippen molar-refractivity contribution in [3.05, 3.63) is 41.1 Å². The Bertz CT molecular complexity index is 1590. The lowest BCUT2D eigenvalue weighted by Gasteiger charge is -2.31. The van der Waals surface area contributed by atoms with Crippen LogP contribution < -0.4 is 15.8 Å². The van der Waals surface area contributed by atoms with Gasteiger partial charge in [0.15, 0.2) is 11.5 Å². The Morgan fingerprint density at radius 2 is 2.00 bits per heavy atom. The number of aromatic nitrogens is 3. The Kier molecular flexibility index (Phi) is 5.70. The smallest absolute Gasteiger partial charge is 0.259 e. The summed E-state index contributed by atoms with van der Waals surface area (Å²) in [6, 6.07) is 4.75. The number of anilines is 1. The average Bonchev–Trinajstić information content (AvgIpc) is 3.59. The van der Waals surface area contributed by atoms with E-state index in [2.05, 4.69) is 20.1 Å². The molecule has 2 aromatic heterocycles. The first-order valence-corrected chi connectivity index (χ1v) is 14.1. The van der Waals surface area contributed by atoms with Crippen LogP contribution in [0.25, 0.3) is 16.9 Å². The molecule has 5 N–H and O–H groups in total. The number of amides is 2. The number of carbonyl (C=O) groups is 2. The number of aliphatic hydroxyl groups is 1. The van der Waals surface area contributed by atoms with Gasteiger partial charge in [0.1, 0.15) is 5.56 Å². The maximum absolute atomic E-state index is 13.4. The van der Waals surface area contributed by atoms with E-state index in [1.165, 1.54) is 17.6 Å². The summed E-state index contributed by atoms with van der Waals surface area (Å²) in [5.74, 6) is -0.287. The number of fused-ring (bicyclic) bond motifs is 2. The zero-order valence-corrected chi connectivity index (χ0v) is 21.8. The summed E-state index contributed by atoms with van der Waals surface area (Å²) in [5, 5.41) is 16.6. The number of nitrogens with one attached hydrogen (secondary N) is 2. The minimum absolute atomic E-state index is 0.00901. The van der Waals surface area contributed by atoms with Crippen LogP contribution >= 0.6 is 0 Å². The molecule has 1 atom stereocenters. The molecule has 2 amide bonds. The number of aliphatic hydroxyl groups excluding tert-OH is 1. The molecular formula is C25H29N7O5S. The number of carbonyl (C=O) groups excluding carboxylic acids is 2. The van der Waals surface area contributed by atoms with Crippen molar-refractivity contribution in [1.29, 1.82) is 0 Å². The molecule has 0 bridgehead atoms. The van der Waals surface area contributed by atoms with Crippen LogP contribution in [-0.4, -0.2) is 70.1 Å². The van der Waals surface area contributed by atoms with E-state index in [-0.39, 0.29) is 45.5 Å². The molecule has 13 heteroatoms. The van der Waals surface area contributed by atoms with Gasteiger partial charge in [-0.25, -0.2) is 22.6 Å². The molecular weight excluding hydrogens is 510 g/mol. The lowest BCUT2D eigenvalue weighted by molar-refractivity contribution is 0.0563. The molecule has 2 saturated carbocycles. The highest BCUT2D eigenvalue weighted by molar-refractivity contribution is 7.89. The van der Waals surface area contributed by atoms with Crippen LogP contribution in [0.3, 0.4) is 0 Å². The highest BCUT2D eigenvalue weighted by Crippen LogP contribution is 2.40. The number of benzene rings is 1. The zero-order valence-electron chi connectivity index (χ0n) is 21.0. The minimum Gasteiger partial charge on any atom is -0.393 e. The van der Waals surface area contributed by atoms with Gasteiger partial charge in [-0.3, -0.25) is 9.59 Å². The van der Waals surface area contributed by atoms with Gasteiger partial charge in [0.2, 0.25) is 10.0 Å². The van der Waals surface area contributed by atoms with Gasteiger partial charge in [-0.05, 0) is 69.3 Å². The third-order valence-electron chi connectivity index (χ3n) is 7.84. The highest BCUT2D eigenvalue weighted by Gasteiger charge is 2.41. The van der Waals surface area contributed by atoms with Crippen LogP contribution in [0.2, 0.25) is 0 Å². The van der Waals surface area contributed by atoms with Crippen molar-refractivity contribution in [2.75, 3.05) is 12.8 Å². The largest absolute Gasteiger partial charge is 0.393 e. The maximum Gasteiger partial charge on any atom is 0.259 e. The van der Waals surface area contributed by atoms with Crippen LogP contribution in [-0.2, 0) is 16.6 Å². The zero-order chi connectivity index (χ0) is 26.9. The second-order valence-electron chi connectivity index (χ2n) is 10.4. The van der Waals surface area contributed by atoms with Crippen molar-refractivity contribution in [3.63, 3.8) is 0 Å². The molecule has 0 unspecified atom stereocenters. The van der Waals surface area contributed by atoms with Gasteiger partial charge in [-0.15, -0.1) is 5.10 Å². The number of hydrogen-bond donors (Lipinski definition) is 4. The molecule has 0 radical (unpaired) electrons. The van der Waals surface area contributed by atoms with Crippen LogP contribution in [0.5, 0.6) is 0 Å². The molecule has 38 heavy (non-hydrogen) atoms. The molecule has 0 spiro atoms. The van der Waals surface area contributed by atoms with Gasteiger partial charge in [0, 0.05) is 30.4 Å². The summed E-state index contributed by atoms with van der Waals surface area (Å²) in [4.78, 5) is 32.6. The van der Waals surface area contributed by atoms with E-state index in [4.69, 9.17) is 5.73 Å². The summed E-state index contributed by atoms with van der Waals surface area (Å²) in [5.41, 5.74) is 8.08. The first-order valence-electron chi connectivity index (χ1n) is 12.6. The van der Waals surface area contributed by atoms with Gasteiger partial charge >= 0.3 is 0 Å². The van der Waals surface area contributed by atoms with Gasteiger partial charge < -0.3 is 21.1 Å². The fourth-order valence-electron chi connectivity index (χ4n) is 5.36. The monoisotopic (exact) mass is 539 g/mol. The highest BCUT2D eigenvalue weighted by atomic mass is 32.2.